The van der Waals surface area contributed by atoms with Gasteiger partial charge in [-0.15, -0.1) is 0 Å². The average molecular weight is 469 g/mol. The predicted octanol–water partition coefficient (Wildman–Crippen LogP) is 1.85. The predicted molar refractivity (Wildman–Crippen MR) is 120 cm³/mol. The van der Waals surface area contributed by atoms with E-state index in [-0.39, 0.29) is 49.1 Å². The summed E-state index contributed by atoms with van der Waals surface area (Å²) in [5, 5.41) is 25.9. The van der Waals surface area contributed by atoms with Crippen LogP contribution >= 0.6 is 0 Å². The molecule has 1 unspecified atom stereocenters. The third-order valence-corrected chi connectivity index (χ3v) is 5.79. The number of nitrogens with zero attached hydrogens (tertiary/aromatic N) is 3. The van der Waals surface area contributed by atoms with Gasteiger partial charge in [-0.3, -0.25) is 14.4 Å². The number of amides is 2. The van der Waals surface area contributed by atoms with E-state index in [1.807, 2.05) is 13.8 Å². The van der Waals surface area contributed by atoms with Crippen LogP contribution in [0.3, 0.4) is 0 Å². The van der Waals surface area contributed by atoms with E-state index in [2.05, 4.69) is 16.5 Å². The minimum atomic E-state index is -0.837. The standard InChI is InChI=1S/C24H28N4O6/c1-3-4-19(21-12-22(27-34-21)33-10-9-29)24(32)28-14-18(30)11-20(28)23(31)26-15(2)17-7-5-16(13-25)6-8-17/h5-9,12,15,18-20,30H,3-4,10-11,14H2,1-2H3,(H,26,31)/t15-,18+,19?,20-/m0/s1. The van der Waals surface area contributed by atoms with Crippen molar-refractivity contribution in [2.45, 2.75) is 57.2 Å². The van der Waals surface area contributed by atoms with E-state index >= 15 is 0 Å². The number of β-amino-alcohol motifs (C(OH)–C–C–N with tert-alkyl or cyclic N) is 1. The molecule has 1 fully saturated rings. The van der Waals surface area contributed by atoms with E-state index in [0.717, 1.165) is 5.56 Å². The zero-order valence-corrected chi connectivity index (χ0v) is 19.1. The number of aldehydes is 1. The topological polar surface area (TPSA) is 146 Å². The van der Waals surface area contributed by atoms with Crippen molar-refractivity contribution < 1.29 is 28.8 Å². The molecule has 34 heavy (non-hydrogen) atoms. The highest BCUT2D eigenvalue weighted by atomic mass is 16.5. The van der Waals surface area contributed by atoms with Crippen molar-refractivity contribution >= 4 is 18.1 Å². The summed E-state index contributed by atoms with van der Waals surface area (Å²) in [7, 11) is 0. The molecule has 0 bridgehead atoms. The maximum atomic E-state index is 13.5. The van der Waals surface area contributed by atoms with Gasteiger partial charge in [-0.2, -0.15) is 5.26 Å². The molecule has 0 aliphatic carbocycles. The molecule has 1 aromatic carbocycles. The summed E-state index contributed by atoms with van der Waals surface area (Å²) < 4.78 is 10.4. The Kier molecular flexibility index (Phi) is 8.38. The number of ether oxygens (including phenoxy) is 1. The van der Waals surface area contributed by atoms with E-state index in [1.165, 1.54) is 11.0 Å². The van der Waals surface area contributed by atoms with Gasteiger partial charge in [0.05, 0.1) is 29.7 Å². The van der Waals surface area contributed by atoms with Gasteiger partial charge >= 0.3 is 0 Å². The van der Waals surface area contributed by atoms with Gasteiger partial charge in [-0.1, -0.05) is 25.5 Å². The smallest absolute Gasteiger partial charge is 0.254 e. The lowest BCUT2D eigenvalue weighted by atomic mass is 9.98. The molecule has 1 aromatic heterocycles. The molecule has 1 aliphatic heterocycles. The normalized spacial score (nSPS) is 19.2. The number of nitriles is 1. The molecule has 2 amide bonds. The van der Waals surface area contributed by atoms with Crippen LogP contribution in [0.15, 0.2) is 34.9 Å². The Labute approximate surface area is 197 Å². The van der Waals surface area contributed by atoms with Crippen LogP contribution in [0, 0.1) is 11.3 Å². The number of aliphatic hydroxyl groups excluding tert-OH is 1. The number of benzene rings is 1. The Balaban J connectivity index is 1.74. The molecule has 180 valence electrons. The molecule has 0 spiro atoms. The molecule has 0 radical (unpaired) electrons. The van der Waals surface area contributed by atoms with E-state index in [4.69, 9.17) is 14.5 Å². The number of hydrogen-bond donors (Lipinski definition) is 2. The minimum Gasteiger partial charge on any atom is -0.468 e. The van der Waals surface area contributed by atoms with Gasteiger partial charge in [0.1, 0.15) is 12.6 Å². The summed E-state index contributed by atoms with van der Waals surface area (Å²) >= 11 is 0. The summed E-state index contributed by atoms with van der Waals surface area (Å²) in [5.74, 6) is -1.04. The first-order valence-electron chi connectivity index (χ1n) is 11.2. The Hall–Kier alpha value is -3.71. The Bertz CT molecular complexity index is 1040. The highest BCUT2D eigenvalue weighted by Crippen LogP contribution is 2.30. The fourth-order valence-corrected chi connectivity index (χ4v) is 4.05. The summed E-state index contributed by atoms with van der Waals surface area (Å²) in [6.07, 6.45) is 1.000. The summed E-state index contributed by atoms with van der Waals surface area (Å²) in [6.45, 7) is 3.58. The first-order valence-corrected chi connectivity index (χ1v) is 11.2. The van der Waals surface area contributed by atoms with Gasteiger partial charge in [0.2, 0.25) is 11.8 Å². The second-order valence-electron chi connectivity index (χ2n) is 8.25. The second kappa shape index (κ2) is 11.4. The third-order valence-electron chi connectivity index (χ3n) is 5.79. The molecule has 10 heteroatoms. The van der Waals surface area contributed by atoms with Crippen molar-refractivity contribution in [1.29, 1.82) is 5.26 Å². The molecule has 4 atom stereocenters. The summed E-state index contributed by atoms with van der Waals surface area (Å²) in [4.78, 5) is 38.5. The van der Waals surface area contributed by atoms with Crippen molar-refractivity contribution in [2.75, 3.05) is 13.2 Å². The highest BCUT2D eigenvalue weighted by Gasteiger charge is 2.42. The summed E-state index contributed by atoms with van der Waals surface area (Å²) in [5.41, 5.74) is 1.34. The number of aliphatic hydroxyl groups is 1. The summed E-state index contributed by atoms with van der Waals surface area (Å²) in [6, 6.07) is 9.21. The molecule has 3 rings (SSSR count). The first-order chi connectivity index (χ1) is 16.4. The van der Waals surface area contributed by atoms with Crippen LogP contribution in [0.1, 0.15) is 62.0 Å². The molecule has 1 saturated heterocycles. The van der Waals surface area contributed by atoms with Gasteiger partial charge in [-0.25, -0.2) is 0 Å². The van der Waals surface area contributed by atoms with E-state index < -0.39 is 18.1 Å². The van der Waals surface area contributed by atoms with Gasteiger partial charge in [-0.05, 0) is 36.2 Å². The minimum absolute atomic E-state index is 0.0328. The Morgan fingerprint density at radius 3 is 2.79 bits per heavy atom. The van der Waals surface area contributed by atoms with E-state index in [0.29, 0.717) is 24.7 Å². The van der Waals surface area contributed by atoms with Crippen molar-refractivity contribution in [1.82, 2.24) is 15.4 Å². The molecule has 2 N–H and O–H groups in total. The largest absolute Gasteiger partial charge is 0.468 e. The van der Waals surface area contributed by atoms with Crippen LogP contribution in [-0.4, -0.2) is 58.6 Å². The van der Waals surface area contributed by atoms with Gasteiger partial charge in [0, 0.05) is 19.0 Å². The molecule has 2 aromatic rings. The number of likely N-dealkylation sites (tertiary alicyclic amines) is 1. The molecule has 0 saturated carbocycles. The highest BCUT2D eigenvalue weighted by molar-refractivity contribution is 5.91. The quantitative estimate of drug-likeness (QED) is 0.502. The van der Waals surface area contributed by atoms with Crippen molar-refractivity contribution in [3.05, 3.63) is 47.2 Å². The Morgan fingerprint density at radius 1 is 1.41 bits per heavy atom. The lowest BCUT2D eigenvalue weighted by Crippen LogP contribution is -2.48. The third kappa shape index (κ3) is 5.80. The van der Waals surface area contributed by atoms with Gasteiger partial charge < -0.3 is 24.6 Å². The van der Waals surface area contributed by atoms with Crippen LogP contribution in [0.2, 0.25) is 0 Å². The van der Waals surface area contributed by atoms with Crippen LogP contribution in [0.25, 0.3) is 0 Å². The number of aromatic nitrogens is 1. The number of carbonyl (C=O) groups excluding carboxylic acids is 3. The zero-order valence-electron chi connectivity index (χ0n) is 19.1. The average Bonchev–Trinajstić information content (AvgIpc) is 3.47. The van der Waals surface area contributed by atoms with E-state index in [9.17, 15) is 19.5 Å². The number of hydrogen-bond acceptors (Lipinski definition) is 8. The number of rotatable bonds is 10. The number of carbonyl (C=O) groups is 3. The second-order valence-corrected chi connectivity index (χ2v) is 8.25. The van der Waals surface area contributed by atoms with Crippen molar-refractivity contribution in [3.8, 4) is 11.9 Å². The van der Waals surface area contributed by atoms with Crippen LogP contribution < -0.4 is 10.1 Å². The molecule has 2 heterocycles. The maximum absolute atomic E-state index is 13.5. The molecule has 10 nitrogen and oxygen atoms in total. The molecule has 1 aliphatic rings. The lowest BCUT2D eigenvalue weighted by Gasteiger charge is -2.28. The van der Waals surface area contributed by atoms with Gasteiger partial charge in [0.15, 0.2) is 12.0 Å². The first kappa shape index (κ1) is 24.9. The zero-order chi connectivity index (χ0) is 24.7. The number of nitrogens with one attached hydrogen (secondary N) is 1. The maximum Gasteiger partial charge on any atom is 0.254 e. The van der Waals surface area contributed by atoms with Crippen molar-refractivity contribution in [3.63, 3.8) is 0 Å². The SMILES string of the molecule is CCCC(C(=O)N1C[C@H](O)C[C@H]1C(=O)N[C@@H](C)c1ccc(C#N)cc1)c1cc(OCC=O)no1. The Morgan fingerprint density at radius 2 is 2.15 bits per heavy atom. The fourth-order valence-electron chi connectivity index (χ4n) is 4.05. The monoisotopic (exact) mass is 468 g/mol. The van der Waals surface area contributed by atoms with Crippen molar-refractivity contribution in [2.24, 2.45) is 0 Å². The molecular weight excluding hydrogens is 440 g/mol. The lowest BCUT2D eigenvalue weighted by molar-refractivity contribution is -0.140. The van der Waals surface area contributed by atoms with E-state index in [1.54, 1.807) is 24.3 Å². The molecular formula is C24H28N4O6. The van der Waals surface area contributed by atoms with Gasteiger partial charge in [0.25, 0.3) is 5.88 Å². The fraction of sp³-hybridized carbons (Fsp3) is 0.458. The van der Waals surface area contributed by atoms with Crippen LogP contribution in [0.4, 0.5) is 0 Å². The van der Waals surface area contributed by atoms with Crippen LogP contribution in [-0.2, 0) is 14.4 Å². The van der Waals surface area contributed by atoms with Crippen LogP contribution in [0.5, 0.6) is 5.88 Å².